The highest BCUT2D eigenvalue weighted by Crippen LogP contribution is 2.65. The maximum atomic E-state index is 13.5. The number of phenolic OH excluding ortho intramolecular Hbond substituents is 1. The molecule has 0 radical (unpaired) electrons. The Kier molecular flexibility index (Phi) is 6.45. The Morgan fingerprint density at radius 1 is 1.05 bits per heavy atom. The smallest absolute Gasteiger partial charge is 0.252 e. The Labute approximate surface area is 250 Å². The number of rotatable bonds is 6. The van der Waals surface area contributed by atoms with Crippen LogP contribution in [0.4, 0.5) is 0 Å². The summed E-state index contributed by atoms with van der Waals surface area (Å²) in [5, 5.41) is 26.7. The summed E-state index contributed by atoms with van der Waals surface area (Å²) in [5.41, 5.74) is 2.38. The van der Waals surface area contributed by atoms with E-state index in [1.54, 1.807) is 6.07 Å². The molecule has 2 bridgehead atoms. The van der Waals surface area contributed by atoms with Crippen molar-refractivity contribution in [2.45, 2.75) is 74.3 Å². The molecule has 1 saturated heterocycles. The molecule has 7 nitrogen and oxygen atoms in total. The lowest BCUT2D eigenvalue weighted by Gasteiger charge is -2.64. The largest absolute Gasteiger partial charge is 1.00 e. The second kappa shape index (κ2) is 9.82. The number of aliphatic hydroxyl groups is 1. The number of ether oxygens (including phenoxy) is 1. The van der Waals surface area contributed by atoms with Gasteiger partial charge in [-0.25, -0.2) is 4.57 Å². The number of nitrogens with zero attached hydrogens (tertiary/aromatic N) is 2. The number of nitrogens with one attached hydrogen (secondary N) is 1. The minimum atomic E-state index is -0.951. The number of likely N-dealkylation sites (tertiary alicyclic amines) is 1. The Bertz CT molecular complexity index is 1480. The number of amides is 1. The van der Waals surface area contributed by atoms with Crippen molar-refractivity contribution in [3.8, 4) is 11.5 Å². The number of carbonyl (C=O) groups excluding carboxylic acids is 1. The van der Waals surface area contributed by atoms with Gasteiger partial charge in [-0.2, -0.15) is 0 Å². The average molecular weight is 619 g/mol. The van der Waals surface area contributed by atoms with Crippen molar-refractivity contribution in [2.24, 2.45) is 5.92 Å². The van der Waals surface area contributed by atoms with Gasteiger partial charge in [0.15, 0.2) is 30.4 Å². The zero-order valence-corrected chi connectivity index (χ0v) is 24.6. The third-order valence-electron chi connectivity index (χ3n) is 10.4. The molecule has 3 aromatic rings. The van der Waals surface area contributed by atoms with Crippen LogP contribution in [0.15, 0.2) is 67.0 Å². The highest BCUT2D eigenvalue weighted by Gasteiger charge is 2.73. The number of aromatic hydroxyl groups is 1. The first-order valence-corrected chi connectivity index (χ1v) is 14.8. The number of halogens is 1. The maximum absolute atomic E-state index is 13.5. The predicted octanol–water partition coefficient (Wildman–Crippen LogP) is 0.0947. The van der Waals surface area contributed by atoms with Gasteiger partial charge in [0, 0.05) is 35.8 Å². The van der Waals surface area contributed by atoms with Crippen molar-refractivity contribution < 1.29 is 41.3 Å². The standard InChI is InChI=1S/C33H35N3O4.BrH/c37-26-9-8-24-18-27-33(39)13-10-25(30-32(33,28(24)29(26)40-30)14-17-36(27)20-22-6-7-22)34-31(38)23-11-15-35(16-12-23)19-21-4-2-1-3-5-21;/h1-5,8-9,11-12,15-16,22,25,27,30,39H,6-7,10,13-14,17-20H2,(H-,34,37,38);1H/t25-,27-,30+,32+,33-;/m1./s1. The Hall–Kier alpha value is -2.94. The highest BCUT2D eigenvalue weighted by molar-refractivity contribution is 5.94. The molecule has 41 heavy (non-hydrogen) atoms. The van der Waals surface area contributed by atoms with Crippen molar-refractivity contribution in [3.05, 3.63) is 89.2 Å². The van der Waals surface area contributed by atoms with E-state index in [9.17, 15) is 15.0 Å². The first-order chi connectivity index (χ1) is 19.5. The third-order valence-corrected chi connectivity index (χ3v) is 10.4. The van der Waals surface area contributed by atoms with Gasteiger partial charge in [-0.1, -0.05) is 36.4 Å². The van der Waals surface area contributed by atoms with Gasteiger partial charge >= 0.3 is 0 Å². The molecule has 2 aliphatic heterocycles. The average Bonchev–Trinajstić information content (AvgIpc) is 3.71. The topological polar surface area (TPSA) is 85.9 Å². The maximum Gasteiger partial charge on any atom is 0.252 e. The van der Waals surface area contributed by atoms with E-state index in [0.29, 0.717) is 24.2 Å². The number of piperidine rings is 1. The SMILES string of the molecule is O=C(N[C@@H]1CC[C@@]2(O)[C@H]3Cc4ccc(O)c5c4[C@@]2(CCN3CC2CC2)[C@H]1O5)c1cc[n+](Cc2ccccc2)cc1.[Br-]. The van der Waals surface area contributed by atoms with E-state index in [0.717, 1.165) is 44.0 Å². The molecule has 5 atom stereocenters. The summed E-state index contributed by atoms with van der Waals surface area (Å²) in [5.74, 6) is 1.25. The Morgan fingerprint density at radius 2 is 1.83 bits per heavy atom. The summed E-state index contributed by atoms with van der Waals surface area (Å²) < 4.78 is 8.65. The minimum absolute atomic E-state index is 0. The van der Waals surface area contributed by atoms with E-state index >= 15 is 0 Å². The number of phenols is 1. The van der Waals surface area contributed by atoms with Crippen molar-refractivity contribution in [1.29, 1.82) is 0 Å². The van der Waals surface area contributed by atoms with Crippen LogP contribution in [0, 0.1) is 5.92 Å². The summed E-state index contributed by atoms with van der Waals surface area (Å²) in [6.07, 6.45) is 8.79. The molecule has 3 aliphatic carbocycles. The summed E-state index contributed by atoms with van der Waals surface area (Å²) >= 11 is 0. The monoisotopic (exact) mass is 617 g/mol. The Morgan fingerprint density at radius 3 is 2.59 bits per heavy atom. The lowest BCUT2D eigenvalue weighted by atomic mass is 9.48. The van der Waals surface area contributed by atoms with E-state index in [-0.39, 0.29) is 40.7 Å². The van der Waals surface area contributed by atoms with Crippen LogP contribution >= 0.6 is 0 Å². The molecular formula is C33H36BrN3O4. The van der Waals surface area contributed by atoms with Crippen LogP contribution in [-0.2, 0) is 18.4 Å². The van der Waals surface area contributed by atoms with E-state index in [2.05, 4.69) is 26.9 Å². The minimum Gasteiger partial charge on any atom is -1.00 e. The number of hydrogen-bond acceptors (Lipinski definition) is 5. The molecule has 1 aromatic heterocycles. The first kappa shape index (κ1) is 26.9. The molecule has 3 heterocycles. The summed E-state index contributed by atoms with van der Waals surface area (Å²) in [4.78, 5) is 16.0. The van der Waals surface area contributed by atoms with Crippen molar-refractivity contribution in [3.63, 3.8) is 0 Å². The van der Waals surface area contributed by atoms with Crippen LogP contribution < -0.4 is 31.6 Å². The van der Waals surface area contributed by atoms with Crippen LogP contribution in [0.5, 0.6) is 11.5 Å². The van der Waals surface area contributed by atoms with Crippen LogP contribution in [0.3, 0.4) is 0 Å². The lowest BCUT2D eigenvalue weighted by molar-refractivity contribution is -0.688. The number of benzene rings is 2. The molecule has 2 saturated carbocycles. The van der Waals surface area contributed by atoms with Gasteiger partial charge in [0.2, 0.25) is 0 Å². The lowest BCUT2D eigenvalue weighted by Crippen LogP contribution is -3.00. The van der Waals surface area contributed by atoms with Crippen LogP contribution in [0.2, 0.25) is 0 Å². The number of hydrogen-bond donors (Lipinski definition) is 3. The van der Waals surface area contributed by atoms with Crippen LogP contribution in [-0.4, -0.2) is 57.9 Å². The number of carbonyl (C=O) groups is 1. The molecule has 0 unspecified atom stereocenters. The van der Waals surface area contributed by atoms with E-state index in [4.69, 9.17) is 4.74 Å². The zero-order valence-electron chi connectivity index (χ0n) is 23.0. The fourth-order valence-corrected chi connectivity index (χ4v) is 8.39. The number of aromatic nitrogens is 1. The Balaban J connectivity index is 0.00000276. The van der Waals surface area contributed by atoms with Gasteiger partial charge in [0.1, 0.15) is 6.10 Å². The van der Waals surface area contributed by atoms with Crippen molar-refractivity contribution in [1.82, 2.24) is 10.2 Å². The molecular weight excluding hydrogens is 582 g/mol. The molecule has 214 valence electrons. The molecule has 5 aliphatic rings. The quantitative estimate of drug-likeness (QED) is 0.342. The van der Waals surface area contributed by atoms with E-state index in [1.807, 2.05) is 48.8 Å². The van der Waals surface area contributed by atoms with E-state index in [1.165, 1.54) is 24.0 Å². The molecule has 1 spiro atoms. The van der Waals surface area contributed by atoms with Gasteiger partial charge in [-0.15, -0.1) is 0 Å². The van der Waals surface area contributed by atoms with Gasteiger partial charge < -0.3 is 37.2 Å². The van der Waals surface area contributed by atoms with E-state index < -0.39 is 17.1 Å². The molecule has 8 rings (SSSR count). The van der Waals surface area contributed by atoms with Gasteiger partial charge in [-0.3, -0.25) is 9.69 Å². The first-order valence-electron chi connectivity index (χ1n) is 14.8. The zero-order chi connectivity index (χ0) is 27.1. The third kappa shape index (κ3) is 4.05. The highest BCUT2D eigenvalue weighted by atomic mass is 79.9. The van der Waals surface area contributed by atoms with Gasteiger partial charge in [0.25, 0.3) is 5.91 Å². The molecule has 2 aromatic carbocycles. The van der Waals surface area contributed by atoms with Gasteiger partial charge in [0.05, 0.1) is 22.6 Å². The van der Waals surface area contributed by atoms with Crippen molar-refractivity contribution >= 4 is 5.91 Å². The van der Waals surface area contributed by atoms with Crippen LogP contribution in [0.25, 0.3) is 0 Å². The molecule has 3 N–H and O–H groups in total. The fraction of sp³-hybridized carbons (Fsp3) is 0.455. The molecule has 8 heteroatoms. The van der Waals surface area contributed by atoms with Crippen molar-refractivity contribution in [2.75, 3.05) is 13.1 Å². The molecule has 3 fully saturated rings. The fourth-order valence-electron chi connectivity index (χ4n) is 8.39. The summed E-state index contributed by atoms with van der Waals surface area (Å²) in [6, 6.07) is 17.5. The van der Waals surface area contributed by atoms with Crippen LogP contribution in [0.1, 0.15) is 59.2 Å². The normalized spacial score (nSPS) is 31.0. The summed E-state index contributed by atoms with van der Waals surface area (Å²) in [6.45, 7) is 2.69. The number of pyridine rings is 1. The second-order valence-corrected chi connectivity index (χ2v) is 12.7. The van der Waals surface area contributed by atoms with Gasteiger partial charge in [-0.05, 0) is 62.6 Å². The predicted molar refractivity (Wildman–Crippen MR) is 148 cm³/mol. The molecule has 1 amide bonds. The summed E-state index contributed by atoms with van der Waals surface area (Å²) in [7, 11) is 0. The second-order valence-electron chi connectivity index (χ2n) is 12.7.